The van der Waals surface area contributed by atoms with E-state index in [0.717, 1.165) is 25.9 Å². The maximum absolute atomic E-state index is 13.9. The molecule has 1 saturated heterocycles. The third kappa shape index (κ3) is 5.42. The van der Waals surface area contributed by atoms with Crippen LogP contribution < -0.4 is 0 Å². The molecule has 0 atom stereocenters. The first-order valence-electron chi connectivity index (χ1n) is 9.20. The number of hydrogen-bond acceptors (Lipinski definition) is 3. The van der Waals surface area contributed by atoms with Crippen LogP contribution in [0, 0.1) is 5.82 Å². The highest BCUT2D eigenvalue weighted by molar-refractivity contribution is 6.31. The van der Waals surface area contributed by atoms with E-state index in [9.17, 15) is 14.0 Å². The molecular weight excluding hydrogens is 357 g/mol. The van der Waals surface area contributed by atoms with Crippen molar-refractivity contribution in [2.75, 3.05) is 45.8 Å². The zero-order chi connectivity index (χ0) is 19.1. The van der Waals surface area contributed by atoms with Crippen LogP contribution in [0.25, 0.3) is 0 Å². The lowest BCUT2D eigenvalue weighted by molar-refractivity contribution is -0.132. The van der Waals surface area contributed by atoms with Crippen molar-refractivity contribution >= 4 is 23.4 Å². The molecule has 1 aromatic rings. The molecule has 0 spiro atoms. The molecule has 1 fully saturated rings. The summed E-state index contributed by atoms with van der Waals surface area (Å²) in [5, 5.41) is 0.339. The summed E-state index contributed by atoms with van der Waals surface area (Å²) in [6.07, 6.45) is 1.89. The number of piperazine rings is 1. The molecule has 1 heterocycles. The Hall–Kier alpha value is -1.66. The largest absolute Gasteiger partial charge is 0.342 e. The average Bonchev–Trinajstić information content (AvgIpc) is 2.63. The van der Waals surface area contributed by atoms with Crippen molar-refractivity contribution < 1.29 is 14.0 Å². The van der Waals surface area contributed by atoms with Gasteiger partial charge < -0.3 is 9.80 Å². The predicted octanol–water partition coefficient (Wildman–Crippen LogP) is 2.89. The van der Waals surface area contributed by atoms with Crippen LogP contribution in [0.4, 0.5) is 4.39 Å². The lowest BCUT2D eigenvalue weighted by Crippen LogP contribution is -2.51. The first-order chi connectivity index (χ1) is 12.5. The van der Waals surface area contributed by atoms with Gasteiger partial charge in [0.05, 0.1) is 12.1 Å². The minimum atomic E-state index is -0.563. The third-order valence-corrected chi connectivity index (χ3v) is 4.75. The second-order valence-electron chi connectivity index (χ2n) is 6.57. The normalized spacial score (nSPS) is 15.2. The molecule has 0 bridgehead atoms. The zero-order valence-corrected chi connectivity index (χ0v) is 16.3. The van der Waals surface area contributed by atoms with Crippen LogP contribution in [-0.2, 0) is 4.79 Å². The van der Waals surface area contributed by atoms with Gasteiger partial charge in [0.2, 0.25) is 5.91 Å². The number of carbonyl (C=O) groups excluding carboxylic acids is 2. The van der Waals surface area contributed by atoms with Crippen LogP contribution in [0.1, 0.15) is 37.0 Å². The third-order valence-electron chi connectivity index (χ3n) is 4.52. The van der Waals surface area contributed by atoms with E-state index >= 15 is 0 Å². The molecule has 5 nitrogen and oxygen atoms in total. The molecule has 2 rings (SSSR count). The van der Waals surface area contributed by atoms with Crippen molar-refractivity contribution in [1.29, 1.82) is 0 Å². The van der Waals surface area contributed by atoms with E-state index in [4.69, 9.17) is 11.6 Å². The number of benzene rings is 1. The highest BCUT2D eigenvalue weighted by Gasteiger charge is 2.26. The number of halogens is 2. The number of rotatable bonds is 7. The van der Waals surface area contributed by atoms with Gasteiger partial charge in [-0.25, -0.2) is 4.39 Å². The van der Waals surface area contributed by atoms with Crippen LogP contribution in [0.3, 0.4) is 0 Å². The highest BCUT2D eigenvalue weighted by atomic mass is 35.5. The fourth-order valence-electron chi connectivity index (χ4n) is 3.13. The molecule has 1 aliphatic rings. The van der Waals surface area contributed by atoms with Gasteiger partial charge in [-0.1, -0.05) is 25.4 Å². The van der Waals surface area contributed by atoms with Crippen LogP contribution in [-0.4, -0.2) is 72.3 Å². The van der Waals surface area contributed by atoms with Gasteiger partial charge in [-0.3, -0.25) is 14.5 Å². The molecular formula is C19H27ClFN3O2. The second kappa shape index (κ2) is 9.88. The Morgan fingerprint density at radius 3 is 2.31 bits per heavy atom. The van der Waals surface area contributed by atoms with Crippen molar-refractivity contribution in [3.63, 3.8) is 0 Å². The number of hydrogen-bond donors (Lipinski definition) is 0. The fraction of sp³-hybridized carbons (Fsp3) is 0.579. The summed E-state index contributed by atoms with van der Waals surface area (Å²) in [6.45, 7) is 8.20. The van der Waals surface area contributed by atoms with E-state index in [1.165, 1.54) is 18.2 Å². The zero-order valence-electron chi connectivity index (χ0n) is 15.5. The quantitative estimate of drug-likeness (QED) is 0.727. The van der Waals surface area contributed by atoms with Crippen LogP contribution in [0.2, 0.25) is 5.02 Å². The van der Waals surface area contributed by atoms with Crippen molar-refractivity contribution in [2.45, 2.75) is 26.7 Å². The predicted molar refractivity (Wildman–Crippen MR) is 101 cm³/mol. The molecule has 7 heteroatoms. The fourth-order valence-corrected chi connectivity index (χ4v) is 3.31. The number of amides is 2. The second-order valence-corrected chi connectivity index (χ2v) is 7.01. The van der Waals surface area contributed by atoms with E-state index in [1.807, 2.05) is 4.90 Å². The topological polar surface area (TPSA) is 43.9 Å². The monoisotopic (exact) mass is 383 g/mol. The van der Waals surface area contributed by atoms with Crippen molar-refractivity contribution in [3.05, 3.63) is 34.6 Å². The molecule has 0 radical (unpaired) electrons. The Labute approximate surface area is 159 Å². The number of nitrogens with zero attached hydrogens (tertiary/aromatic N) is 3. The van der Waals surface area contributed by atoms with Gasteiger partial charge in [-0.15, -0.1) is 0 Å². The van der Waals surface area contributed by atoms with Crippen molar-refractivity contribution in [3.8, 4) is 0 Å². The Bertz CT molecular complexity index is 627. The van der Waals surface area contributed by atoms with Gasteiger partial charge in [0.25, 0.3) is 5.91 Å². The molecule has 0 aromatic heterocycles. The molecule has 0 saturated carbocycles. The van der Waals surface area contributed by atoms with Crippen LogP contribution >= 0.6 is 11.6 Å². The van der Waals surface area contributed by atoms with E-state index in [0.29, 0.717) is 37.7 Å². The maximum Gasteiger partial charge on any atom is 0.256 e. The van der Waals surface area contributed by atoms with Gasteiger partial charge in [0.1, 0.15) is 5.82 Å². The molecule has 1 aromatic carbocycles. The molecule has 0 N–H and O–H groups in total. The summed E-state index contributed by atoms with van der Waals surface area (Å²) in [5.41, 5.74) is -0.000840. The minimum absolute atomic E-state index is 0.000840. The summed E-state index contributed by atoms with van der Waals surface area (Å²) in [5.74, 6) is -0.782. The van der Waals surface area contributed by atoms with Gasteiger partial charge in [0.15, 0.2) is 0 Å². The van der Waals surface area contributed by atoms with E-state index in [1.54, 1.807) is 4.90 Å². The Balaban J connectivity index is 1.89. The summed E-state index contributed by atoms with van der Waals surface area (Å²) in [4.78, 5) is 30.5. The Morgan fingerprint density at radius 2 is 1.73 bits per heavy atom. The van der Waals surface area contributed by atoms with Gasteiger partial charge in [-0.05, 0) is 31.0 Å². The molecule has 144 valence electrons. The SMILES string of the molecule is CCCN(CCC)C(=O)CN1CCN(C(=O)c2cc(Cl)ccc2F)CC1. The Morgan fingerprint density at radius 1 is 1.12 bits per heavy atom. The first-order valence-corrected chi connectivity index (χ1v) is 9.58. The van der Waals surface area contributed by atoms with Crippen LogP contribution in [0.5, 0.6) is 0 Å². The minimum Gasteiger partial charge on any atom is -0.342 e. The van der Waals surface area contributed by atoms with E-state index < -0.39 is 5.82 Å². The average molecular weight is 384 g/mol. The standard InChI is InChI=1S/C19H27ClFN3O2/c1-3-7-23(8-4-2)18(25)14-22-9-11-24(12-10-22)19(26)16-13-15(20)5-6-17(16)21/h5-6,13H,3-4,7-12,14H2,1-2H3. The lowest BCUT2D eigenvalue weighted by Gasteiger charge is -2.35. The highest BCUT2D eigenvalue weighted by Crippen LogP contribution is 2.17. The summed E-state index contributed by atoms with van der Waals surface area (Å²) in [6, 6.07) is 4.00. The smallest absolute Gasteiger partial charge is 0.256 e. The summed E-state index contributed by atoms with van der Waals surface area (Å²) >= 11 is 5.87. The number of carbonyl (C=O) groups is 2. The van der Waals surface area contributed by atoms with Crippen LogP contribution in [0.15, 0.2) is 18.2 Å². The molecule has 1 aliphatic heterocycles. The molecule has 0 unspecified atom stereocenters. The van der Waals surface area contributed by atoms with E-state index in [2.05, 4.69) is 18.7 Å². The molecule has 26 heavy (non-hydrogen) atoms. The van der Waals surface area contributed by atoms with Crippen molar-refractivity contribution in [2.24, 2.45) is 0 Å². The summed E-state index contributed by atoms with van der Waals surface area (Å²) in [7, 11) is 0. The van der Waals surface area contributed by atoms with Gasteiger partial charge in [-0.2, -0.15) is 0 Å². The van der Waals surface area contributed by atoms with Gasteiger partial charge >= 0.3 is 0 Å². The van der Waals surface area contributed by atoms with Gasteiger partial charge in [0, 0.05) is 44.3 Å². The van der Waals surface area contributed by atoms with E-state index in [-0.39, 0.29) is 17.4 Å². The lowest BCUT2D eigenvalue weighted by atomic mass is 10.1. The maximum atomic E-state index is 13.9. The molecule has 0 aliphatic carbocycles. The van der Waals surface area contributed by atoms with Crippen molar-refractivity contribution in [1.82, 2.24) is 14.7 Å². The summed E-state index contributed by atoms with van der Waals surface area (Å²) < 4.78 is 13.9. The Kier molecular flexibility index (Phi) is 7.85. The molecule has 2 amide bonds. The first kappa shape index (κ1) is 20.6.